The van der Waals surface area contributed by atoms with E-state index < -0.39 is 0 Å². The molecule has 3 rings (SSSR count). The number of hydrogen-bond donors (Lipinski definition) is 1. The van der Waals surface area contributed by atoms with Crippen molar-refractivity contribution in [2.45, 2.75) is 19.3 Å². The normalized spacial score (nSPS) is 20.1. The molecule has 2 aromatic heterocycles. The number of nitrogens with zero attached hydrogens (tertiary/aromatic N) is 1. The van der Waals surface area contributed by atoms with E-state index in [9.17, 15) is 4.79 Å². The fourth-order valence-electron chi connectivity index (χ4n) is 2.29. The smallest absolute Gasteiger partial charge is 0.248 e. The van der Waals surface area contributed by atoms with Crippen LogP contribution in [0.5, 0.6) is 5.88 Å². The van der Waals surface area contributed by atoms with E-state index in [0.29, 0.717) is 29.2 Å². The van der Waals surface area contributed by atoms with E-state index in [1.54, 1.807) is 31.5 Å². The maximum absolute atomic E-state index is 11.8. The van der Waals surface area contributed by atoms with Crippen LogP contribution >= 0.6 is 0 Å². The molecule has 0 aliphatic heterocycles. The van der Waals surface area contributed by atoms with Crippen LogP contribution < -0.4 is 10.1 Å². The second-order valence-electron chi connectivity index (χ2n) is 5.47. The zero-order chi connectivity index (χ0) is 15.5. The molecule has 5 nitrogen and oxygen atoms in total. The van der Waals surface area contributed by atoms with Crippen LogP contribution in [-0.4, -0.2) is 18.0 Å². The average molecular weight is 298 g/mol. The number of aromatic nitrogens is 1. The van der Waals surface area contributed by atoms with Gasteiger partial charge in [-0.3, -0.25) is 4.79 Å². The number of carbonyl (C=O) groups is 1. The van der Waals surface area contributed by atoms with Gasteiger partial charge in [0.2, 0.25) is 11.8 Å². The Morgan fingerprint density at radius 1 is 1.41 bits per heavy atom. The lowest BCUT2D eigenvalue weighted by Crippen LogP contribution is -2.07. The Balaban J connectivity index is 1.57. The van der Waals surface area contributed by atoms with Crippen molar-refractivity contribution in [2.24, 2.45) is 5.92 Å². The molecule has 1 saturated carbocycles. The van der Waals surface area contributed by atoms with E-state index in [4.69, 9.17) is 9.15 Å². The average Bonchev–Trinajstić information content (AvgIpc) is 3.08. The van der Waals surface area contributed by atoms with Gasteiger partial charge in [-0.2, -0.15) is 0 Å². The van der Waals surface area contributed by atoms with E-state index in [0.717, 1.165) is 5.76 Å². The summed E-state index contributed by atoms with van der Waals surface area (Å²) in [5, 5.41) is 2.73. The van der Waals surface area contributed by atoms with Crippen molar-refractivity contribution in [2.75, 3.05) is 12.4 Å². The van der Waals surface area contributed by atoms with Gasteiger partial charge in [0.15, 0.2) is 0 Å². The van der Waals surface area contributed by atoms with Gasteiger partial charge in [-0.05, 0) is 36.6 Å². The number of carbonyl (C=O) groups excluding carboxylic acids is 1. The fraction of sp³-hybridized carbons (Fsp3) is 0.294. The Labute approximate surface area is 129 Å². The number of rotatable bonds is 5. The SMILES string of the molecule is COc1ccc(NC(=O)/C=C/c2ccc([C@@H]3C[C@@H]3C)o2)cn1. The van der Waals surface area contributed by atoms with Gasteiger partial charge in [-0.25, -0.2) is 4.98 Å². The maximum Gasteiger partial charge on any atom is 0.248 e. The monoisotopic (exact) mass is 298 g/mol. The highest BCUT2D eigenvalue weighted by Crippen LogP contribution is 2.47. The van der Waals surface area contributed by atoms with Crippen molar-refractivity contribution in [3.8, 4) is 5.88 Å². The minimum Gasteiger partial charge on any atom is -0.481 e. The van der Waals surface area contributed by atoms with Crippen LogP contribution in [0.4, 0.5) is 5.69 Å². The third kappa shape index (κ3) is 3.36. The molecule has 2 heterocycles. The molecule has 1 fully saturated rings. The Hall–Kier alpha value is -2.56. The Morgan fingerprint density at radius 2 is 2.23 bits per heavy atom. The summed E-state index contributed by atoms with van der Waals surface area (Å²) in [6.45, 7) is 2.21. The highest BCUT2D eigenvalue weighted by molar-refractivity contribution is 6.01. The van der Waals surface area contributed by atoms with Crippen LogP contribution in [-0.2, 0) is 4.79 Å². The topological polar surface area (TPSA) is 64.4 Å². The lowest BCUT2D eigenvalue weighted by atomic mass is 10.3. The van der Waals surface area contributed by atoms with Gasteiger partial charge in [0.1, 0.15) is 11.5 Å². The summed E-state index contributed by atoms with van der Waals surface area (Å²) in [6.07, 6.45) is 5.84. The van der Waals surface area contributed by atoms with Crippen LogP contribution in [0, 0.1) is 5.92 Å². The van der Waals surface area contributed by atoms with Gasteiger partial charge in [0.25, 0.3) is 0 Å². The van der Waals surface area contributed by atoms with Crippen LogP contribution in [0.1, 0.15) is 30.8 Å². The zero-order valence-electron chi connectivity index (χ0n) is 12.6. The molecule has 114 valence electrons. The second-order valence-corrected chi connectivity index (χ2v) is 5.47. The molecular weight excluding hydrogens is 280 g/mol. The van der Waals surface area contributed by atoms with Gasteiger partial charge in [0, 0.05) is 18.1 Å². The number of methoxy groups -OCH3 is 1. The van der Waals surface area contributed by atoms with Gasteiger partial charge >= 0.3 is 0 Å². The summed E-state index contributed by atoms with van der Waals surface area (Å²) in [5.41, 5.74) is 0.613. The largest absolute Gasteiger partial charge is 0.481 e. The first-order chi connectivity index (χ1) is 10.7. The zero-order valence-corrected chi connectivity index (χ0v) is 12.6. The number of pyridine rings is 1. The van der Waals surface area contributed by atoms with E-state index >= 15 is 0 Å². The number of ether oxygens (including phenoxy) is 1. The summed E-state index contributed by atoms with van der Waals surface area (Å²) in [7, 11) is 1.54. The highest BCUT2D eigenvalue weighted by Gasteiger charge is 2.36. The van der Waals surface area contributed by atoms with Gasteiger partial charge in [-0.15, -0.1) is 0 Å². The molecule has 0 spiro atoms. The Kier molecular flexibility index (Phi) is 3.96. The van der Waals surface area contributed by atoms with Crippen molar-refractivity contribution in [3.63, 3.8) is 0 Å². The maximum atomic E-state index is 11.8. The molecule has 0 saturated heterocycles. The molecule has 1 aliphatic carbocycles. The predicted octanol–water partition coefficient (Wildman–Crippen LogP) is 3.46. The standard InChI is InChI=1S/C17H18N2O3/c1-11-9-14(11)15-6-4-13(22-15)5-7-16(20)19-12-3-8-17(21-2)18-10-12/h3-8,10-11,14H,9H2,1-2H3,(H,19,20)/b7-5+/t11-,14+/m0/s1. The number of nitrogens with one attached hydrogen (secondary N) is 1. The molecule has 0 aromatic carbocycles. The molecule has 0 radical (unpaired) electrons. The Bertz CT molecular complexity index is 688. The number of furan rings is 1. The molecule has 1 aliphatic rings. The van der Waals surface area contributed by atoms with Crippen LogP contribution in [0.25, 0.3) is 6.08 Å². The summed E-state index contributed by atoms with van der Waals surface area (Å²) in [6, 6.07) is 7.30. The minimum absolute atomic E-state index is 0.232. The summed E-state index contributed by atoms with van der Waals surface area (Å²) in [4.78, 5) is 15.9. The van der Waals surface area contributed by atoms with Crippen molar-refractivity contribution in [1.29, 1.82) is 0 Å². The molecule has 2 atom stereocenters. The van der Waals surface area contributed by atoms with E-state index in [2.05, 4.69) is 17.2 Å². The molecule has 0 unspecified atom stereocenters. The van der Waals surface area contributed by atoms with Crippen molar-refractivity contribution in [1.82, 2.24) is 4.98 Å². The summed E-state index contributed by atoms with van der Waals surface area (Å²) >= 11 is 0. The lowest BCUT2D eigenvalue weighted by molar-refractivity contribution is -0.111. The third-order valence-corrected chi connectivity index (χ3v) is 3.73. The Morgan fingerprint density at radius 3 is 2.86 bits per heavy atom. The van der Waals surface area contributed by atoms with Crippen molar-refractivity contribution < 1.29 is 13.9 Å². The van der Waals surface area contributed by atoms with Crippen LogP contribution in [0.2, 0.25) is 0 Å². The quantitative estimate of drug-likeness (QED) is 0.859. The highest BCUT2D eigenvalue weighted by atomic mass is 16.5. The molecule has 22 heavy (non-hydrogen) atoms. The number of anilines is 1. The first-order valence-corrected chi connectivity index (χ1v) is 7.24. The summed E-state index contributed by atoms with van der Waals surface area (Å²) < 4.78 is 10.7. The van der Waals surface area contributed by atoms with Crippen molar-refractivity contribution in [3.05, 3.63) is 48.1 Å². The fourth-order valence-corrected chi connectivity index (χ4v) is 2.29. The van der Waals surface area contributed by atoms with Crippen LogP contribution in [0.15, 0.2) is 41.0 Å². The molecule has 5 heteroatoms. The molecule has 1 N–H and O–H groups in total. The van der Waals surface area contributed by atoms with E-state index in [-0.39, 0.29) is 5.91 Å². The van der Waals surface area contributed by atoms with Gasteiger partial charge < -0.3 is 14.5 Å². The first kappa shape index (κ1) is 14.4. The van der Waals surface area contributed by atoms with Crippen LogP contribution in [0.3, 0.4) is 0 Å². The molecule has 2 aromatic rings. The number of amides is 1. The summed E-state index contributed by atoms with van der Waals surface area (Å²) in [5.74, 6) is 3.22. The number of hydrogen-bond acceptors (Lipinski definition) is 4. The second kappa shape index (κ2) is 6.05. The van der Waals surface area contributed by atoms with Gasteiger partial charge in [-0.1, -0.05) is 6.92 Å². The molecule has 1 amide bonds. The van der Waals surface area contributed by atoms with E-state index in [1.165, 1.54) is 12.5 Å². The van der Waals surface area contributed by atoms with Gasteiger partial charge in [0.05, 0.1) is 19.0 Å². The molecular formula is C17H18N2O3. The first-order valence-electron chi connectivity index (χ1n) is 7.24. The van der Waals surface area contributed by atoms with Crippen molar-refractivity contribution >= 4 is 17.7 Å². The van der Waals surface area contributed by atoms with E-state index in [1.807, 2.05) is 12.1 Å². The predicted molar refractivity (Wildman–Crippen MR) is 83.7 cm³/mol. The molecule has 0 bridgehead atoms. The lowest BCUT2D eigenvalue weighted by Gasteiger charge is -2.02. The minimum atomic E-state index is -0.232. The third-order valence-electron chi connectivity index (χ3n) is 3.73.